The minimum atomic E-state index is -0.304. The molecule has 0 radical (unpaired) electrons. The summed E-state index contributed by atoms with van der Waals surface area (Å²) < 4.78 is 13.0. The summed E-state index contributed by atoms with van der Waals surface area (Å²) in [5.74, 6) is 2.28. The summed E-state index contributed by atoms with van der Waals surface area (Å²) in [5.41, 5.74) is 2.46. The summed E-state index contributed by atoms with van der Waals surface area (Å²) in [7, 11) is 0. The van der Waals surface area contributed by atoms with Gasteiger partial charge in [0.15, 0.2) is 5.82 Å². The molecule has 0 bridgehead atoms. The van der Waals surface area contributed by atoms with Gasteiger partial charge >= 0.3 is 6.09 Å². The van der Waals surface area contributed by atoms with Crippen LogP contribution in [0.5, 0.6) is 5.75 Å². The van der Waals surface area contributed by atoms with Gasteiger partial charge in [-0.3, -0.25) is 4.40 Å². The number of nitrogens with zero attached hydrogens (tertiary/aromatic N) is 4. The van der Waals surface area contributed by atoms with Crippen molar-refractivity contribution in [3.8, 4) is 5.75 Å². The highest BCUT2D eigenvalue weighted by molar-refractivity contribution is 5.84. The molecule has 2 N–H and O–H groups in total. The molecule has 9 nitrogen and oxygen atoms in total. The van der Waals surface area contributed by atoms with Crippen LogP contribution < -0.4 is 15.4 Å². The second-order valence-electron chi connectivity index (χ2n) is 7.82. The minimum Gasteiger partial charge on any atom is -0.494 e. The van der Waals surface area contributed by atoms with Crippen LogP contribution in [0.1, 0.15) is 51.3 Å². The Hall–Kier alpha value is -3.10. The fraction of sp³-hybridized carbons (Fsp3) is 0.545. The first-order valence-corrected chi connectivity index (χ1v) is 11.1. The van der Waals surface area contributed by atoms with Gasteiger partial charge in [0, 0.05) is 19.2 Å². The van der Waals surface area contributed by atoms with Crippen LogP contribution >= 0.6 is 0 Å². The molecule has 2 aromatic heterocycles. The normalized spacial score (nSPS) is 14.3. The van der Waals surface area contributed by atoms with E-state index in [1.165, 1.54) is 0 Å². The van der Waals surface area contributed by atoms with E-state index >= 15 is 0 Å². The van der Waals surface area contributed by atoms with E-state index in [0.717, 1.165) is 61.1 Å². The number of aryl methyl sites for hydroxylation is 1. The van der Waals surface area contributed by atoms with Gasteiger partial charge in [-0.1, -0.05) is 0 Å². The summed E-state index contributed by atoms with van der Waals surface area (Å²) in [5, 5.41) is 14.7. The predicted octanol–water partition coefficient (Wildman–Crippen LogP) is 3.85. The lowest BCUT2D eigenvalue weighted by Crippen LogP contribution is -2.28. The second kappa shape index (κ2) is 9.80. The number of alkyl carbamates (subject to hydrolysis) is 1. The largest absolute Gasteiger partial charge is 0.494 e. The average molecular weight is 427 g/mol. The first-order valence-electron chi connectivity index (χ1n) is 11.1. The SMILES string of the molecule is CCOc1ccc2c(c1)nc(NCCCCNC(=O)OC1CCCC1)c1nnc(C)n12. The number of anilines is 1. The smallest absolute Gasteiger partial charge is 0.407 e. The minimum absolute atomic E-state index is 0.0953. The Morgan fingerprint density at radius 3 is 2.81 bits per heavy atom. The number of aromatic nitrogens is 4. The van der Waals surface area contributed by atoms with Gasteiger partial charge in [0.1, 0.15) is 17.7 Å². The fourth-order valence-electron chi connectivity index (χ4n) is 3.98. The third-order valence-corrected chi connectivity index (χ3v) is 5.51. The topological polar surface area (TPSA) is 103 Å². The van der Waals surface area contributed by atoms with Crippen LogP contribution in [0.15, 0.2) is 18.2 Å². The fourth-order valence-corrected chi connectivity index (χ4v) is 3.98. The van der Waals surface area contributed by atoms with Crippen molar-refractivity contribution in [2.75, 3.05) is 25.0 Å². The van der Waals surface area contributed by atoms with Gasteiger partial charge in [0.2, 0.25) is 5.65 Å². The number of rotatable bonds is 9. The van der Waals surface area contributed by atoms with Crippen LogP contribution in [0.25, 0.3) is 16.7 Å². The molecule has 0 atom stereocenters. The van der Waals surface area contributed by atoms with E-state index in [0.29, 0.717) is 31.2 Å². The van der Waals surface area contributed by atoms with E-state index in [2.05, 4.69) is 20.8 Å². The number of benzene rings is 1. The number of nitrogens with one attached hydrogen (secondary N) is 2. The molecule has 1 fully saturated rings. The molecule has 1 aromatic carbocycles. The molecule has 1 amide bonds. The maximum absolute atomic E-state index is 11.8. The summed E-state index contributed by atoms with van der Waals surface area (Å²) >= 11 is 0. The highest BCUT2D eigenvalue weighted by Gasteiger charge is 2.18. The lowest BCUT2D eigenvalue weighted by molar-refractivity contribution is 0.101. The molecule has 3 aromatic rings. The third kappa shape index (κ3) is 4.98. The quantitative estimate of drug-likeness (QED) is 0.501. The Balaban J connectivity index is 1.33. The number of hydrogen-bond donors (Lipinski definition) is 2. The zero-order chi connectivity index (χ0) is 21.6. The molecule has 0 saturated heterocycles. The number of unbranched alkanes of at least 4 members (excludes halogenated alkanes) is 1. The number of hydrogen-bond acceptors (Lipinski definition) is 7. The van der Waals surface area contributed by atoms with Crippen molar-refractivity contribution in [2.45, 2.75) is 58.5 Å². The summed E-state index contributed by atoms with van der Waals surface area (Å²) in [4.78, 5) is 16.6. The molecule has 9 heteroatoms. The number of carbonyl (C=O) groups is 1. The van der Waals surface area contributed by atoms with E-state index in [-0.39, 0.29) is 12.2 Å². The van der Waals surface area contributed by atoms with Gasteiger partial charge in [-0.2, -0.15) is 0 Å². The zero-order valence-electron chi connectivity index (χ0n) is 18.2. The number of carbonyl (C=O) groups excluding carboxylic acids is 1. The maximum atomic E-state index is 11.8. The lowest BCUT2D eigenvalue weighted by atomic mass is 10.2. The van der Waals surface area contributed by atoms with Crippen molar-refractivity contribution >= 4 is 28.6 Å². The molecule has 0 spiro atoms. The molecule has 1 aliphatic rings. The van der Waals surface area contributed by atoms with Crippen molar-refractivity contribution in [1.29, 1.82) is 0 Å². The molecule has 2 heterocycles. The van der Waals surface area contributed by atoms with Crippen molar-refractivity contribution in [1.82, 2.24) is 24.9 Å². The number of amides is 1. The third-order valence-electron chi connectivity index (χ3n) is 5.51. The van der Waals surface area contributed by atoms with Gasteiger partial charge in [-0.15, -0.1) is 10.2 Å². The van der Waals surface area contributed by atoms with Gasteiger partial charge in [-0.05, 0) is 64.5 Å². The van der Waals surface area contributed by atoms with E-state index in [1.54, 1.807) is 0 Å². The van der Waals surface area contributed by atoms with Gasteiger partial charge in [-0.25, -0.2) is 9.78 Å². The van der Waals surface area contributed by atoms with Crippen molar-refractivity contribution in [3.05, 3.63) is 24.0 Å². The Morgan fingerprint density at radius 1 is 1.19 bits per heavy atom. The number of ether oxygens (including phenoxy) is 2. The van der Waals surface area contributed by atoms with Crippen LogP contribution in [-0.4, -0.2) is 51.5 Å². The average Bonchev–Trinajstić information content (AvgIpc) is 3.40. The first-order chi connectivity index (χ1) is 15.2. The summed E-state index contributed by atoms with van der Waals surface area (Å²) in [6, 6.07) is 5.85. The van der Waals surface area contributed by atoms with E-state index in [9.17, 15) is 4.79 Å². The van der Waals surface area contributed by atoms with E-state index < -0.39 is 0 Å². The molecule has 1 aliphatic carbocycles. The predicted molar refractivity (Wildman–Crippen MR) is 119 cm³/mol. The molecule has 4 rings (SSSR count). The van der Waals surface area contributed by atoms with E-state index in [1.807, 2.05) is 36.4 Å². The van der Waals surface area contributed by atoms with Crippen molar-refractivity contribution in [2.24, 2.45) is 0 Å². The van der Waals surface area contributed by atoms with Crippen LogP contribution in [0.4, 0.5) is 10.6 Å². The van der Waals surface area contributed by atoms with Gasteiger partial charge in [0.25, 0.3) is 0 Å². The second-order valence-corrected chi connectivity index (χ2v) is 7.82. The van der Waals surface area contributed by atoms with Crippen molar-refractivity contribution in [3.63, 3.8) is 0 Å². The zero-order valence-corrected chi connectivity index (χ0v) is 18.2. The Morgan fingerprint density at radius 2 is 2.00 bits per heavy atom. The maximum Gasteiger partial charge on any atom is 0.407 e. The molecule has 0 aliphatic heterocycles. The first kappa shape index (κ1) is 21.1. The van der Waals surface area contributed by atoms with Crippen molar-refractivity contribution < 1.29 is 14.3 Å². The van der Waals surface area contributed by atoms with Crippen LogP contribution in [0.3, 0.4) is 0 Å². The monoisotopic (exact) mass is 426 g/mol. The molecule has 0 unspecified atom stereocenters. The Kier molecular flexibility index (Phi) is 6.69. The number of fused-ring (bicyclic) bond motifs is 3. The van der Waals surface area contributed by atoms with Crippen LogP contribution in [0.2, 0.25) is 0 Å². The highest BCUT2D eigenvalue weighted by atomic mass is 16.6. The summed E-state index contributed by atoms with van der Waals surface area (Å²) in [6.45, 7) is 5.80. The Bertz CT molecular complexity index is 1040. The molecular weight excluding hydrogens is 396 g/mol. The molecule has 1 saturated carbocycles. The molecular formula is C22H30N6O3. The summed E-state index contributed by atoms with van der Waals surface area (Å²) in [6.07, 6.45) is 5.78. The lowest BCUT2D eigenvalue weighted by Gasteiger charge is -2.12. The molecule has 166 valence electrons. The van der Waals surface area contributed by atoms with E-state index in [4.69, 9.17) is 14.5 Å². The van der Waals surface area contributed by atoms with Crippen LogP contribution in [0, 0.1) is 6.92 Å². The van der Waals surface area contributed by atoms with Crippen LogP contribution in [-0.2, 0) is 4.74 Å². The highest BCUT2D eigenvalue weighted by Crippen LogP contribution is 2.25. The van der Waals surface area contributed by atoms with Gasteiger partial charge in [0.05, 0.1) is 17.6 Å². The molecule has 31 heavy (non-hydrogen) atoms. The standard InChI is InChI=1S/C22H30N6O3/c1-3-30-17-10-11-19-18(14-17)25-20(21-27-26-15(2)28(19)21)23-12-6-7-13-24-22(29)31-16-8-4-5-9-16/h10-11,14,16H,3-9,12-13H2,1-2H3,(H,23,25)(H,24,29). The Labute approximate surface area is 181 Å². The van der Waals surface area contributed by atoms with Gasteiger partial charge < -0.3 is 20.1 Å².